The van der Waals surface area contributed by atoms with Crippen molar-refractivity contribution in [3.8, 4) is 0 Å². The molecule has 0 aliphatic carbocycles. The Kier molecular flexibility index (Phi) is 3.26. The fraction of sp³-hybridized carbons (Fsp3) is 0. The Balaban J connectivity index is 1.56. The van der Waals surface area contributed by atoms with Gasteiger partial charge in [0.15, 0.2) is 0 Å². The standard InChI is InChI=1S/C24H17BN6/c1-3-8-18(9-4-1)30-20-12-7-13-21-22(20)25(28-16-14-26-23(28)30)29-17-15-27-24(29)31(21)19-10-5-2-6-11-19/h1-17H. The smallest absolute Gasteiger partial charge is 0.336 e. The number of hydrogen-bond acceptors (Lipinski definition) is 4. The molecular formula is C24H17BN6. The molecule has 7 rings (SSSR count). The van der Waals surface area contributed by atoms with Crippen molar-refractivity contribution in [3.05, 3.63) is 104 Å². The summed E-state index contributed by atoms with van der Waals surface area (Å²) in [5, 5.41) is 0. The minimum absolute atomic E-state index is 0.0406. The van der Waals surface area contributed by atoms with E-state index in [1.54, 1.807) is 0 Å². The lowest BCUT2D eigenvalue weighted by molar-refractivity contribution is 0.975. The number of nitrogens with zero attached hydrogens (tertiary/aromatic N) is 6. The Bertz CT molecular complexity index is 1300. The maximum Gasteiger partial charge on any atom is 0.428 e. The molecule has 2 aliphatic heterocycles. The average molecular weight is 400 g/mol. The maximum absolute atomic E-state index is 4.74. The first-order valence-electron chi connectivity index (χ1n) is 10.3. The quantitative estimate of drug-likeness (QED) is 0.403. The normalized spacial score (nSPS) is 13.6. The first kappa shape index (κ1) is 16.5. The summed E-state index contributed by atoms with van der Waals surface area (Å²) in [4.78, 5) is 14.0. The van der Waals surface area contributed by atoms with Crippen molar-refractivity contribution < 1.29 is 0 Å². The van der Waals surface area contributed by atoms with E-state index in [1.165, 1.54) is 5.46 Å². The van der Waals surface area contributed by atoms with Gasteiger partial charge in [0.2, 0.25) is 11.9 Å². The number of benzene rings is 3. The predicted octanol–water partition coefficient (Wildman–Crippen LogP) is 4.44. The molecule has 5 aromatic rings. The lowest BCUT2D eigenvalue weighted by atomic mass is 9.62. The summed E-state index contributed by atoms with van der Waals surface area (Å²) in [6.45, 7) is -0.0406. The van der Waals surface area contributed by atoms with Crippen LogP contribution in [0.15, 0.2) is 104 Å². The summed E-state index contributed by atoms with van der Waals surface area (Å²) in [6, 6.07) is 27.3. The van der Waals surface area contributed by atoms with E-state index in [4.69, 9.17) is 9.97 Å². The molecule has 7 heteroatoms. The fourth-order valence-electron chi connectivity index (χ4n) is 4.83. The molecule has 2 aromatic heterocycles. The zero-order chi connectivity index (χ0) is 20.4. The SMILES string of the molecule is c1ccc(N2c3cccc4c3B(n3ccnc32)n2ccnc2N4c2ccccc2)cc1. The van der Waals surface area contributed by atoms with Gasteiger partial charge in [0, 0.05) is 53.0 Å². The Morgan fingerprint density at radius 1 is 0.548 bits per heavy atom. The van der Waals surface area contributed by atoms with E-state index >= 15 is 0 Å². The molecule has 0 saturated carbocycles. The largest absolute Gasteiger partial charge is 0.428 e. The van der Waals surface area contributed by atoms with E-state index in [-0.39, 0.29) is 6.98 Å². The third-order valence-corrected chi connectivity index (χ3v) is 6.05. The molecule has 3 aromatic carbocycles. The second-order valence-corrected chi connectivity index (χ2v) is 7.69. The zero-order valence-electron chi connectivity index (χ0n) is 16.6. The molecule has 0 unspecified atom stereocenters. The van der Waals surface area contributed by atoms with E-state index in [2.05, 4.69) is 97.9 Å². The molecule has 146 valence electrons. The lowest BCUT2D eigenvalue weighted by Gasteiger charge is -2.41. The van der Waals surface area contributed by atoms with Crippen LogP contribution in [0, 0.1) is 0 Å². The van der Waals surface area contributed by atoms with Gasteiger partial charge in [-0.25, -0.2) is 9.97 Å². The van der Waals surface area contributed by atoms with Crippen LogP contribution in [-0.4, -0.2) is 25.9 Å². The molecule has 0 saturated heterocycles. The monoisotopic (exact) mass is 400 g/mol. The Hall–Kier alpha value is -4.26. The minimum Gasteiger partial charge on any atom is -0.336 e. The molecule has 0 spiro atoms. The molecule has 0 amide bonds. The third kappa shape index (κ3) is 2.17. The van der Waals surface area contributed by atoms with Gasteiger partial charge in [0.25, 0.3) is 0 Å². The van der Waals surface area contributed by atoms with Gasteiger partial charge in [-0.2, -0.15) is 0 Å². The number of imidazole rings is 2. The van der Waals surface area contributed by atoms with Crippen molar-refractivity contribution >= 4 is 47.1 Å². The second-order valence-electron chi connectivity index (χ2n) is 7.69. The van der Waals surface area contributed by atoms with Crippen LogP contribution in [0.1, 0.15) is 0 Å². The Morgan fingerprint density at radius 3 is 1.52 bits per heavy atom. The highest BCUT2D eigenvalue weighted by atomic mass is 15.4. The summed E-state index contributed by atoms with van der Waals surface area (Å²) in [7, 11) is 0. The van der Waals surface area contributed by atoms with E-state index in [0.29, 0.717) is 0 Å². The fourth-order valence-corrected chi connectivity index (χ4v) is 4.83. The maximum atomic E-state index is 4.74. The van der Waals surface area contributed by atoms with Gasteiger partial charge in [0.1, 0.15) is 0 Å². The molecule has 0 atom stereocenters. The lowest BCUT2D eigenvalue weighted by Crippen LogP contribution is -2.55. The van der Waals surface area contributed by atoms with Gasteiger partial charge in [-0.3, -0.25) is 9.80 Å². The molecule has 2 aliphatic rings. The Morgan fingerprint density at radius 2 is 1.03 bits per heavy atom. The summed E-state index contributed by atoms with van der Waals surface area (Å²) in [5.74, 6) is 1.79. The van der Waals surface area contributed by atoms with Crippen LogP contribution in [0.3, 0.4) is 0 Å². The van der Waals surface area contributed by atoms with Crippen LogP contribution in [0.2, 0.25) is 0 Å². The van der Waals surface area contributed by atoms with Gasteiger partial charge < -0.3 is 8.96 Å². The van der Waals surface area contributed by atoms with E-state index in [9.17, 15) is 0 Å². The van der Waals surface area contributed by atoms with Gasteiger partial charge >= 0.3 is 6.98 Å². The predicted molar refractivity (Wildman–Crippen MR) is 124 cm³/mol. The highest BCUT2D eigenvalue weighted by molar-refractivity contribution is 6.75. The van der Waals surface area contributed by atoms with E-state index in [0.717, 1.165) is 34.6 Å². The minimum atomic E-state index is -0.0406. The summed E-state index contributed by atoms with van der Waals surface area (Å²) in [5.41, 5.74) is 5.67. The van der Waals surface area contributed by atoms with Crippen molar-refractivity contribution in [3.63, 3.8) is 0 Å². The molecule has 0 fully saturated rings. The van der Waals surface area contributed by atoms with E-state index in [1.807, 2.05) is 24.5 Å². The first-order chi connectivity index (χ1) is 15.4. The van der Waals surface area contributed by atoms with Crippen molar-refractivity contribution in [1.82, 2.24) is 18.9 Å². The van der Waals surface area contributed by atoms with Crippen LogP contribution < -0.4 is 15.3 Å². The van der Waals surface area contributed by atoms with Gasteiger partial charge in [-0.1, -0.05) is 42.5 Å². The first-order valence-corrected chi connectivity index (χ1v) is 10.3. The third-order valence-electron chi connectivity index (χ3n) is 6.05. The van der Waals surface area contributed by atoms with Crippen molar-refractivity contribution in [2.24, 2.45) is 0 Å². The molecule has 0 N–H and O–H groups in total. The zero-order valence-corrected chi connectivity index (χ0v) is 16.6. The average Bonchev–Trinajstić information content (AvgIpc) is 3.50. The highest BCUT2D eigenvalue weighted by Crippen LogP contribution is 2.43. The number of hydrogen-bond donors (Lipinski definition) is 0. The molecule has 6 nitrogen and oxygen atoms in total. The summed E-state index contributed by atoms with van der Waals surface area (Å²) in [6.07, 6.45) is 7.85. The van der Waals surface area contributed by atoms with Crippen molar-refractivity contribution in [2.75, 3.05) is 9.80 Å². The topological polar surface area (TPSA) is 42.1 Å². The number of aromatic nitrogens is 4. The van der Waals surface area contributed by atoms with Gasteiger partial charge in [0.05, 0.1) is 0 Å². The van der Waals surface area contributed by atoms with Crippen LogP contribution in [-0.2, 0) is 0 Å². The van der Waals surface area contributed by atoms with Crippen LogP contribution >= 0.6 is 0 Å². The van der Waals surface area contributed by atoms with Crippen molar-refractivity contribution in [2.45, 2.75) is 0 Å². The summed E-state index contributed by atoms with van der Waals surface area (Å²) >= 11 is 0. The van der Waals surface area contributed by atoms with Gasteiger partial charge in [-0.15, -0.1) is 0 Å². The number of fused-ring (bicyclic) bond motifs is 4. The highest BCUT2D eigenvalue weighted by Gasteiger charge is 2.44. The molecule has 0 radical (unpaired) electrons. The number of para-hydroxylation sites is 2. The summed E-state index contributed by atoms with van der Waals surface area (Å²) < 4.78 is 4.46. The van der Waals surface area contributed by atoms with Gasteiger partial charge in [-0.05, 0) is 36.4 Å². The molecule has 0 bridgehead atoms. The Labute approximate surface area is 179 Å². The van der Waals surface area contributed by atoms with E-state index < -0.39 is 0 Å². The number of rotatable bonds is 2. The molecule has 31 heavy (non-hydrogen) atoms. The number of anilines is 6. The molecule has 4 heterocycles. The molecular weight excluding hydrogens is 383 g/mol. The second kappa shape index (κ2) is 6.12. The van der Waals surface area contributed by atoms with Crippen LogP contribution in [0.4, 0.5) is 34.6 Å². The van der Waals surface area contributed by atoms with Crippen LogP contribution in [0.25, 0.3) is 0 Å². The van der Waals surface area contributed by atoms with Crippen molar-refractivity contribution in [1.29, 1.82) is 0 Å². The van der Waals surface area contributed by atoms with Crippen LogP contribution in [0.5, 0.6) is 0 Å².